The van der Waals surface area contributed by atoms with Crippen LogP contribution >= 0.6 is 0 Å². The molecule has 3 N–H and O–H groups in total. The van der Waals surface area contributed by atoms with Crippen molar-refractivity contribution in [3.8, 4) is 0 Å². The minimum atomic E-state index is -1.29. The lowest BCUT2D eigenvalue weighted by molar-refractivity contribution is -0.387. The molecule has 0 aromatic heterocycles. The van der Waals surface area contributed by atoms with Crippen molar-refractivity contribution in [1.82, 2.24) is 0 Å². The molecule has 1 atom stereocenters. The van der Waals surface area contributed by atoms with E-state index in [2.05, 4.69) is 5.32 Å². The van der Waals surface area contributed by atoms with Gasteiger partial charge in [-0.15, -0.1) is 0 Å². The van der Waals surface area contributed by atoms with Crippen molar-refractivity contribution < 1.29 is 18.5 Å². The van der Waals surface area contributed by atoms with Gasteiger partial charge in [0.05, 0.1) is 10.6 Å². The summed E-state index contributed by atoms with van der Waals surface area (Å²) in [5, 5.41) is 12.7. The van der Waals surface area contributed by atoms with Gasteiger partial charge >= 0.3 is 5.69 Å². The minimum absolute atomic E-state index is 0.00468. The summed E-state index contributed by atoms with van der Waals surface area (Å²) in [5.74, 6) is -2.61. The molecule has 1 aromatic rings. The van der Waals surface area contributed by atoms with Crippen LogP contribution in [0.4, 0.5) is 20.2 Å². The average molecular weight is 285 g/mol. The lowest BCUT2D eigenvalue weighted by Crippen LogP contribution is -2.29. The molecular weight excluding hydrogens is 272 g/mol. The van der Waals surface area contributed by atoms with Gasteiger partial charge in [-0.05, 0) is 18.8 Å². The zero-order chi connectivity index (χ0) is 14.9. The normalized spacial score (nSPS) is 15.8. The maximum absolute atomic E-state index is 13.5. The number of rotatable bonds is 5. The molecule has 1 unspecified atom stereocenters. The van der Waals surface area contributed by atoms with E-state index in [4.69, 9.17) is 5.73 Å². The van der Waals surface area contributed by atoms with Crippen LogP contribution in [0.1, 0.15) is 19.3 Å². The molecule has 0 heterocycles. The zero-order valence-electron chi connectivity index (χ0n) is 10.4. The zero-order valence-corrected chi connectivity index (χ0v) is 10.4. The largest absolute Gasteiger partial charge is 0.327 e. The second-order valence-electron chi connectivity index (χ2n) is 4.79. The van der Waals surface area contributed by atoms with Crippen LogP contribution in [0.25, 0.3) is 0 Å². The summed E-state index contributed by atoms with van der Waals surface area (Å²) in [7, 11) is 0. The number of carbonyl (C=O) groups excluding carboxylic acids is 1. The summed E-state index contributed by atoms with van der Waals surface area (Å²) in [6, 6.07) is 0.716. The Kier molecular flexibility index (Phi) is 3.93. The van der Waals surface area contributed by atoms with Crippen molar-refractivity contribution in [2.75, 3.05) is 5.32 Å². The quantitative estimate of drug-likeness (QED) is 0.638. The van der Waals surface area contributed by atoms with Gasteiger partial charge in [0.25, 0.3) is 0 Å². The second kappa shape index (κ2) is 5.49. The highest BCUT2D eigenvalue weighted by Crippen LogP contribution is 2.33. The fourth-order valence-electron chi connectivity index (χ4n) is 1.88. The molecule has 2 rings (SSSR count). The Bertz CT molecular complexity index is 561. The second-order valence-corrected chi connectivity index (χ2v) is 4.79. The number of halogens is 2. The summed E-state index contributed by atoms with van der Waals surface area (Å²) in [5.41, 5.74) is 4.43. The molecule has 8 heteroatoms. The van der Waals surface area contributed by atoms with Crippen LogP contribution in [0.3, 0.4) is 0 Å². The maximum atomic E-state index is 13.5. The smallest absolute Gasteiger partial charge is 0.307 e. The first-order valence-electron chi connectivity index (χ1n) is 6.07. The molecule has 1 aromatic carbocycles. The standard InChI is InChI=1S/C12H13F2N3O3/c13-7-3-8(14)11(17(19)20)5-10(7)16-12(18)4-9(15)6-1-2-6/h3,5-6,9H,1-2,4,15H2,(H,16,18). The highest BCUT2D eigenvalue weighted by Gasteiger charge is 2.30. The summed E-state index contributed by atoms with van der Waals surface area (Å²) >= 11 is 0. The van der Waals surface area contributed by atoms with Gasteiger partial charge < -0.3 is 11.1 Å². The van der Waals surface area contributed by atoms with E-state index < -0.39 is 33.8 Å². The number of nitrogens with one attached hydrogen (secondary N) is 1. The topological polar surface area (TPSA) is 98.3 Å². The average Bonchev–Trinajstić information content (AvgIpc) is 3.15. The predicted octanol–water partition coefficient (Wildman–Crippen LogP) is 1.94. The first kappa shape index (κ1) is 14.3. The molecule has 0 spiro atoms. The Hall–Kier alpha value is -2.09. The van der Waals surface area contributed by atoms with Crippen molar-refractivity contribution in [3.05, 3.63) is 33.9 Å². The number of amides is 1. The number of anilines is 1. The Morgan fingerprint density at radius 2 is 2.10 bits per heavy atom. The number of nitro benzene ring substituents is 1. The third-order valence-corrected chi connectivity index (χ3v) is 3.16. The van der Waals surface area contributed by atoms with Crippen molar-refractivity contribution in [2.45, 2.75) is 25.3 Å². The lowest BCUT2D eigenvalue weighted by Gasteiger charge is -2.11. The molecule has 108 valence electrons. The highest BCUT2D eigenvalue weighted by atomic mass is 19.1. The van der Waals surface area contributed by atoms with Gasteiger partial charge in [-0.2, -0.15) is 4.39 Å². The summed E-state index contributed by atoms with van der Waals surface area (Å²) in [6.07, 6.45) is 1.92. The number of nitrogens with two attached hydrogens (primary N) is 1. The maximum Gasteiger partial charge on any atom is 0.307 e. The van der Waals surface area contributed by atoms with E-state index in [-0.39, 0.29) is 12.5 Å². The van der Waals surface area contributed by atoms with Gasteiger partial charge in [-0.1, -0.05) is 0 Å². The monoisotopic (exact) mass is 285 g/mol. The van der Waals surface area contributed by atoms with Crippen LogP contribution in [0, 0.1) is 27.7 Å². The van der Waals surface area contributed by atoms with E-state index in [1.807, 2.05) is 0 Å². The summed E-state index contributed by atoms with van der Waals surface area (Å²) in [6.45, 7) is 0. The predicted molar refractivity (Wildman–Crippen MR) is 67.0 cm³/mol. The molecule has 0 radical (unpaired) electrons. The van der Waals surface area contributed by atoms with Crippen molar-refractivity contribution in [3.63, 3.8) is 0 Å². The van der Waals surface area contributed by atoms with Gasteiger partial charge in [0, 0.05) is 24.6 Å². The van der Waals surface area contributed by atoms with E-state index in [9.17, 15) is 23.7 Å². The number of nitrogens with zero attached hydrogens (tertiary/aromatic N) is 1. The lowest BCUT2D eigenvalue weighted by atomic mass is 10.1. The van der Waals surface area contributed by atoms with Crippen LogP contribution in [0.5, 0.6) is 0 Å². The minimum Gasteiger partial charge on any atom is -0.327 e. The van der Waals surface area contributed by atoms with Crippen LogP contribution in [0.15, 0.2) is 12.1 Å². The van der Waals surface area contributed by atoms with E-state index in [0.29, 0.717) is 18.1 Å². The Labute approximate surface area is 113 Å². The molecule has 1 amide bonds. The highest BCUT2D eigenvalue weighted by molar-refractivity contribution is 5.91. The van der Waals surface area contributed by atoms with Gasteiger partial charge in [0.15, 0.2) is 0 Å². The van der Waals surface area contributed by atoms with Gasteiger partial charge in [-0.3, -0.25) is 14.9 Å². The third-order valence-electron chi connectivity index (χ3n) is 3.16. The molecule has 1 saturated carbocycles. The molecule has 0 aliphatic heterocycles. The number of nitro groups is 1. The number of benzene rings is 1. The molecule has 1 aliphatic rings. The molecule has 6 nitrogen and oxygen atoms in total. The Morgan fingerprint density at radius 1 is 1.45 bits per heavy atom. The summed E-state index contributed by atoms with van der Waals surface area (Å²) in [4.78, 5) is 21.2. The summed E-state index contributed by atoms with van der Waals surface area (Å²) < 4.78 is 26.6. The van der Waals surface area contributed by atoms with E-state index >= 15 is 0 Å². The molecule has 1 aliphatic carbocycles. The van der Waals surface area contributed by atoms with Gasteiger partial charge in [0.2, 0.25) is 11.7 Å². The Balaban J connectivity index is 2.09. The van der Waals surface area contributed by atoms with Crippen molar-refractivity contribution >= 4 is 17.3 Å². The Morgan fingerprint density at radius 3 is 2.65 bits per heavy atom. The number of hydrogen-bond donors (Lipinski definition) is 2. The molecule has 0 saturated heterocycles. The van der Waals surface area contributed by atoms with Crippen LogP contribution in [-0.2, 0) is 4.79 Å². The fraction of sp³-hybridized carbons (Fsp3) is 0.417. The molecule has 20 heavy (non-hydrogen) atoms. The molecule has 1 fully saturated rings. The third kappa shape index (κ3) is 3.27. The van der Waals surface area contributed by atoms with Crippen LogP contribution in [0.2, 0.25) is 0 Å². The van der Waals surface area contributed by atoms with Crippen LogP contribution in [-0.4, -0.2) is 16.9 Å². The van der Waals surface area contributed by atoms with E-state index in [0.717, 1.165) is 12.8 Å². The number of hydrogen-bond acceptors (Lipinski definition) is 4. The molecular formula is C12H13F2N3O3. The fourth-order valence-corrected chi connectivity index (χ4v) is 1.88. The van der Waals surface area contributed by atoms with E-state index in [1.165, 1.54) is 0 Å². The first-order chi connectivity index (χ1) is 9.38. The van der Waals surface area contributed by atoms with Crippen molar-refractivity contribution in [2.24, 2.45) is 11.7 Å². The first-order valence-corrected chi connectivity index (χ1v) is 6.07. The van der Waals surface area contributed by atoms with E-state index in [1.54, 1.807) is 0 Å². The van der Waals surface area contributed by atoms with Crippen molar-refractivity contribution in [1.29, 1.82) is 0 Å². The van der Waals surface area contributed by atoms with Gasteiger partial charge in [0.1, 0.15) is 5.82 Å². The number of carbonyl (C=O) groups is 1. The van der Waals surface area contributed by atoms with Gasteiger partial charge in [-0.25, -0.2) is 4.39 Å². The molecule has 0 bridgehead atoms. The SMILES string of the molecule is NC(CC(=O)Nc1cc([N+](=O)[O-])c(F)cc1F)C1CC1. The van der Waals surface area contributed by atoms with Crippen LogP contribution < -0.4 is 11.1 Å².